The van der Waals surface area contributed by atoms with E-state index < -0.39 is 0 Å². The lowest BCUT2D eigenvalue weighted by Crippen LogP contribution is -2.36. The first-order valence-corrected chi connectivity index (χ1v) is 6.87. The van der Waals surface area contributed by atoms with Crippen molar-refractivity contribution in [2.24, 2.45) is 5.92 Å². The van der Waals surface area contributed by atoms with Gasteiger partial charge in [0.05, 0.1) is 12.0 Å². The molecule has 0 saturated heterocycles. The predicted molar refractivity (Wildman–Crippen MR) is 71.8 cm³/mol. The highest BCUT2D eigenvalue weighted by molar-refractivity contribution is 5.13. The van der Waals surface area contributed by atoms with E-state index in [1.165, 1.54) is 24.8 Å². The summed E-state index contributed by atoms with van der Waals surface area (Å²) >= 11 is 0. The van der Waals surface area contributed by atoms with E-state index >= 15 is 0 Å². The van der Waals surface area contributed by atoms with Gasteiger partial charge in [0, 0.05) is 24.5 Å². The minimum atomic E-state index is 0.159. The molecule has 0 spiro atoms. The molecule has 1 heterocycles. The van der Waals surface area contributed by atoms with Crippen LogP contribution >= 0.6 is 0 Å². The van der Waals surface area contributed by atoms with Crippen LogP contribution in [0.5, 0.6) is 0 Å². The number of nitriles is 1. The molecule has 2 unspecified atom stereocenters. The molecular weight excluding hydrogens is 222 g/mol. The van der Waals surface area contributed by atoms with Gasteiger partial charge in [-0.05, 0) is 31.4 Å². The Kier molecular flexibility index (Phi) is 4.72. The normalized spacial score (nSPS) is 26.0. The number of nitrogens with zero attached hydrogens (tertiary/aromatic N) is 2. The van der Waals surface area contributed by atoms with E-state index in [4.69, 9.17) is 0 Å². The summed E-state index contributed by atoms with van der Waals surface area (Å²) in [7, 11) is 0. The molecule has 0 bridgehead atoms. The fourth-order valence-corrected chi connectivity index (χ4v) is 2.71. The maximum absolute atomic E-state index is 9.27. The molecule has 1 N–H and O–H groups in total. The van der Waals surface area contributed by atoms with Crippen LogP contribution in [0.3, 0.4) is 0 Å². The SMILES string of the molecule is C[C@@H](NC1CCCCCC1C#N)c1cccnc1. The van der Waals surface area contributed by atoms with Crippen LogP contribution in [0.15, 0.2) is 24.5 Å². The van der Waals surface area contributed by atoms with Crippen LogP contribution in [-0.2, 0) is 0 Å². The molecule has 2 rings (SSSR count). The molecule has 1 aliphatic carbocycles. The first-order chi connectivity index (χ1) is 8.81. The highest BCUT2D eigenvalue weighted by atomic mass is 15.0. The highest BCUT2D eigenvalue weighted by Gasteiger charge is 2.24. The fraction of sp³-hybridized carbons (Fsp3) is 0.600. The van der Waals surface area contributed by atoms with Gasteiger partial charge in [0.15, 0.2) is 0 Å². The number of rotatable bonds is 3. The Hall–Kier alpha value is -1.40. The Morgan fingerprint density at radius 2 is 2.22 bits per heavy atom. The van der Waals surface area contributed by atoms with Crippen LogP contribution in [0.4, 0.5) is 0 Å². The number of nitrogens with one attached hydrogen (secondary N) is 1. The molecule has 1 saturated carbocycles. The van der Waals surface area contributed by atoms with Crippen molar-refractivity contribution < 1.29 is 0 Å². The first-order valence-electron chi connectivity index (χ1n) is 6.87. The number of pyridine rings is 1. The molecule has 1 aromatic rings. The molecule has 0 amide bonds. The molecular formula is C15H21N3. The molecule has 0 aromatic carbocycles. The molecule has 3 heteroatoms. The van der Waals surface area contributed by atoms with Crippen molar-refractivity contribution in [1.29, 1.82) is 5.26 Å². The van der Waals surface area contributed by atoms with Crippen molar-refractivity contribution in [3.63, 3.8) is 0 Å². The van der Waals surface area contributed by atoms with Crippen molar-refractivity contribution in [2.75, 3.05) is 0 Å². The third-order valence-electron chi connectivity index (χ3n) is 3.83. The Morgan fingerprint density at radius 3 is 2.94 bits per heavy atom. The summed E-state index contributed by atoms with van der Waals surface area (Å²) in [5, 5.41) is 12.9. The third-order valence-corrected chi connectivity index (χ3v) is 3.83. The molecule has 96 valence electrons. The largest absolute Gasteiger partial charge is 0.306 e. The van der Waals surface area contributed by atoms with Crippen molar-refractivity contribution in [3.05, 3.63) is 30.1 Å². The van der Waals surface area contributed by atoms with Crippen molar-refractivity contribution >= 4 is 0 Å². The number of hydrogen-bond acceptors (Lipinski definition) is 3. The van der Waals surface area contributed by atoms with Gasteiger partial charge in [-0.1, -0.05) is 25.3 Å². The summed E-state index contributed by atoms with van der Waals surface area (Å²) in [6, 6.07) is 7.11. The molecule has 1 aromatic heterocycles. The van der Waals surface area contributed by atoms with Crippen LogP contribution in [0.25, 0.3) is 0 Å². The molecule has 1 fully saturated rings. The van der Waals surface area contributed by atoms with E-state index in [0.717, 1.165) is 12.8 Å². The molecule has 18 heavy (non-hydrogen) atoms. The second-order valence-electron chi connectivity index (χ2n) is 5.15. The van der Waals surface area contributed by atoms with E-state index in [9.17, 15) is 5.26 Å². The summed E-state index contributed by atoms with van der Waals surface area (Å²) < 4.78 is 0. The van der Waals surface area contributed by atoms with Gasteiger partial charge < -0.3 is 5.32 Å². The molecule has 3 nitrogen and oxygen atoms in total. The van der Waals surface area contributed by atoms with Gasteiger partial charge in [0.1, 0.15) is 0 Å². The minimum Gasteiger partial charge on any atom is -0.306 e. The lowest BCUT2D eigenvalue weighted by atomic mass is 9.95. The van der Waals surface area contributed by atoms with Gasteiger partial charge in [0.2, 0.25) is 0 Å². The summed E-state index contributed by atoms with van der Waals surface area (Å²) in [6.07, 6.45) is 9.53. The zero-order valence-electron chi connectivity index (χ0n) is 11.0. The van der Waals surface area contributed by atoms with Gasteiger partial charge >= 0.3 is 0 Å². The van der Waals surface area contributed by atoms with Crippen LogP contribution in [0, 0.1) is 17.2 Å². The van der Waals surface area contributed by atoms with Crippen molar-refractivity contribution in [3.8, 4) is 6.07 Å². The average molecular weight is 243 g/mol. The minimum absolute atomic E-state index is 0.159. The van der Waals surface area contributed by atoms with Gasteiger partial charge in [-0.15, -0.1) is 0 Å². The van der Waals surface area contributed by atoms with E-state index in [-0.39, 0.29) is 12.0 Å². The lowest BCUT2D eigenvalue weighted by Gasteiger charge is -2.25. The van der Waals surface area contributed by atoms with Crippen LogP contribution in [-0.4, -0.2) is 11.0 Å². The van der Waals surface area contributed by atoms with E-state index in [1.54, 1.807) is 6.20 Å². The monoisotopic (exact) mass is 243 g/mol. The second-order valence-corrected chi connectivity index (χ2v) is 5.15. The highest BCUT2D eigenvalue weighted by Crippen LogP contribution is 2.25. The summed E-state index contributed by atoms with van der Waals surface area (Å²) in [5.41, 5.74) is 1.19. The maximum Gasteiger partial charge on any atom is 0.0672 e. The lowest BCUT2D eigenvalue weighted by molar-refractivity contribution is 0.361. The van der Waals surface area contributed by atoms with Crippen LogP contribution < -0.4 is 5.32 Å². The Balaban J connectivity index is 2.00. The second kappa shape index (κ2) is 6.51. The summed E-state index contributed by atoms with van der Waals surface area (Å²) in [5.74, 6) is 0.159. The smallest absolute Gasteiger partial charge is 0.0672 e. The molecule has 0 radical (unpaired) electrons. The van der Waals surface area contributed by atoms with Crippen LogP contribution in [0.1, 0.15) is 50.6 Å². The Bertz CT molecular complexity index is 396. The predicted octanol–water partition coefficient (Wildman–Crippen LogP) is 3.20. The van der Waals surface area contributed by atoms with Crippen molar-refractivity contribution in [1.82, 2.24) is 10.3 Å². The topological polar surface area (TPSA) is 48.7 Å². The maximum atomic E-state index is 9.27. The quantitative estimate of drug-likeness (QED) is 0.829. The van der Waals surface area contributed by atoms with Gasteiger partial charge in [-0.3, -0.25) is 4.98 Å². The summed E-state index contributed by atoms with van der Waals surface area (Å²) in [4.78, 5) is 4.15. The third kappa shape index (κ3) is 3.30. The Labute approximate surface area is 109 Å². The first kappa shape index (κ1) is 13.0. The number of aromatic nitrogens is 1. The van der Waals surface area contributed by atoms with E-state index in [2.05, 4.69) is 29.4 Å². The zero-order chi connectivity index (χ0) is 12.8. The van der Waals surface area contributed by atoms with Gasteiger partial charge in [-0.2, -0.15) is 5.26 Å². The molecule has 1 aliphatic rings. The van der Waals surface area contributed by atoms with E-state index in [0.29, 0.717) is 6.04 Å². The number of hydrogen-bond donors (Lipinski definition) is 1. The van der Waals surface area contributed by atoms with Crippen molar-refractivity contribution in [2.45, 2.75) is 51.1 Å². The molecule has 3 atom stereocenters. The average Bonchev–Trinajstić information content (AvgIpc) is 2.64. The summed E-state index contributed by atoms with van der Waals surface area (Å²) in [6.45, 7) is 2.15. The fourth-order valence-electron chi connectivity index (χ4n) is 2.71. The zero-order valence-corrected chi connectivity index (χ0v) is 11.0. The molecule has 0 aliphatic heterocycles. The van der Waals surface area contributed by atoms with Gasteiger partial charge in [0.25, 0.3) is 0 Å². The van der Waals surface area contributed by atoms with Gasteiger partial charge in [-0.25, -0.2) is 0 Å². The van der Waals surface area contributed by atoms with E-state index in [1.807, 2.05) is 12.3 Å². The standard InChI is InChI=1S/C15H21N3/c1-12(14-7-5-9-17-11-14)18-15-8-4-2-3-6-13(15)10-16/h5,7,9,11-13,15,18H,2-4,6,8H2,1H3/t12-,13?,15?/m1/s1. The Morgan fingerprint density at radius 1 is 1.39 bits per heavy atom. The van der Waals surface area contributed by atoms with Crippen LogP contribution in [0.2, 0.25) is 0 Å².